The number of rotatable bonds is 47. The predicted octanol–water partition coefficient (Wildman–Crippen LogP) is 13.5. The van der Waals surface area contributed by atoms with E-state index in [1.165, 1.54) is 205 Å². The summed E-state index contributed by atoms with van der Waals surface area (Å²) >= 11 is 0. The highest BCUT2D eigenvalue weighted by molar-refractivity contribution is 7.47. The Balaban J connectivity index is 3.43. The summed E-state index contributed by atoms with van der Waals surface area (Å²) in [6.07, 6.45) is 48.1. The van der Waals surface area contributed by atoms with E-state index < -0.39 is 51.1 Å². The first-order valence-electron chi connectivity index (χ1n) is 24.5. The molecule has 0 fully saturated rings. The van der Waals surface area contributed by atoms with Crippen molar-refractivity contribution in [3.8, 4) is 0 Å². The van der Waals surface area contributed by atoms with Crippen molar-refractivity contribution >= 4 is 25.7 Å². The van der Waals surface area contributed by atoms with Crippen LogP contribution in [-0.2, 0) is 37.5 Å². The Morgan fingerprint density at radius 3 is 1.07 bits per heavy atom. The summed E-state index contributed by atoms with van der Waals surface area (Å²) in [5.41, 5.74) is 5.24. The van der Waals surface area contributed by atoms with E-state index in [0.29, 0.717) is 6.42 Å². The van der Waals surface area contributed by atoms with Crippen molar-refractivity contribution in [2.24, 2.45) is 5.73 Å². The number of ether oxygens (including phenoxy) is 2. The van der Waals surface area contributed by atoms with Gasteiger partial charge in [-0.3, -0.25) is 23.4 Å². The van der Waals surface area contributed by atoms with Gasteiger partial charge < -0.3 is 25.2 Å². The summed E-state index contributed by atoms with van der Waals surface area (Å²) in [7, 11) is -4.66. The van der Waals surface area contributed by atoms with Crippen molar-refractivity contribution in [1.82, 2.24) is 0 Å². The number of carboxylic acids is 1. The number of esters is 2. The summed E-state index contributed by atoms with van der Waals surface area (Å²) < 4.78 is 31.4. The fourth-order valence-electron chi connectivity index (χ4n) is 7.42. The highest BCUT2D eigenvalue weighted by Crippen LogP contribution is 2.43. The second-order valence-corrected chi connectivity index (χ2v) is 18.5. The zero-order chi connectivity index (χ0) is 43.5. The van der Waals surface area contributed by atoms with Crippen LogP contribution in [0.4, 0.5) is 0 Å². The predicted molar refractivity (Wildman–Crippen MR) is 240 cm³/mol. The molecule has 0 saturated carbocycles. The van der Waals surface area contributed by atoms with Crippen LogP contribution >= 0.6 is 7.82 Å². The number of unbranched alkanes of at least 4 members (excludes halogenated alkanes) is 35. The number of aliphatic carboxylic acids is 1. The standard InChI is InChI=1S/C47H92NO10P/c1-3-4-5-6-7-8-9-10-11-12-13-14-15-16-17-18-19-20-21-22-23-24-25-26-27-28-29-30-31-32-33-34-35-36-37-38-39-46(50)55-40-44(58-43(2)49)41-56-59(53,54)57-42-45(48)47(51)52/h44-45H,3-42,48H2,1-2H3,(H,51,52)(H,53,54)/t44-,45+/m1/s1. The third-order valence-electron chi connectivity index (χ3n) is 11.2. The Hall–Kier alpha value is -1.52. The van der Waals surface area contributed by atoms with Gasteiger partial charge in [-0.2, -0.15) is 0 Å². The van der Waals surface area contributed by atoms with Crippen LogP contribution in [0.15, 0.2) is 0 Å². The van der Waals surface area contributed by atoms with Gasteiger partial charge in [-0.15, -0.1) is 0 Å². The minimum Gasteiger partial charge on any atom is -0.480 e. The third kappa shape index (κ3) is 44.4. The van der Waals surface area contributed by atoms with E-state index >= 15 is 0 Å². The zero-order valence-electron chi connectivity index (χ0n) is 38.1. The lowest BCUT2D eigenvalue weighted by Crippen LogP contribution is -2.34. The fraction of sp³-hybridized carbons (Fsp3) is 0.936. The van der Waals surface area contributed by atoms with Gasteiger partial charge in [0.05, 0.1) is 13.2 Å². The van der Waals surface area contributed by atoms with Crippen LogP contribution in [0.1, 0.15) is 251 Å². The van der Waals surface area contributed by atoms with E-state index in [1.54, 1.807) is 0 Å². The van der Waals surface area contributed by atoms with Crippen LogP contribution in [0, 0.1) is 0 Å². The summed E-state index contributed by atoms with van der Waals surface area (Å²) in [6.45, 7) is 1.73. The van der Waals surface area contributed by atoms with Crippen LogP contribution in [-0.4, -0.2) is 59.9 Å². The number of hydrogen-bond acceptors (Lipinski definition) is 9. The number of carbonyl (C=O) groups excluding carboxylic acids is 2. The van der Waals surface area contributed by atoms with E-state index in [9.17, 15) is 23.8 Å². The van der Waals surface area contributed by atoms with Crippen LogP contribution in [0.3, 0.4) is 0 Å². The lowest BCUT2D eigenvalue weighted by atomic mass is 10.0. The van der Waals surface area contributed by atoms with Crippen LogP contribution in [0.5, 0.6) is 0 Å². The molecule has 0 saturated heterocycles. The molecule has 0 amide bonds. The molecule has 0 aromatic rings. The number of phosphoric acid groups is 1. The molecule has 0 aliphatic rings. The highest BCUT2D eigenvalue weighted by Gasteiger charge is 2.27. The largest absolute Gasteiger partial charge is 0.480 e. The summed E-state index contributed by atoms with van der Waals surface area (Å²) in [5, 5.41) is 8.74. The van der Waals surface area contributed by atoms with Gasteiger partial charge in [0.1, 0.15) is 12.6 Å². The molecule has 0 radical (unpaired) electrons. The molecular weight excluding hydrogens is 769 g/mol. The van der Waals surface area contributed by atoms with Crippen molar-refractivity contribution in [3.63, 3.8) is 0 Å². The van der Waals surface area contributed by atoms with Crippen molar-refractivity contribution in [2.45, 2.75) is 264 Å². The monoisotopic (exact) mass is 862 g/mol. The van der Waals surface area contributed by atoms with E-state index in [2.05, 4.69) is 11.4 Å². The van der Waals surface area contributed by atoms with Gasteiger partial charge in [0.25, 0.3) is 0 Å². The topological polar surface area (TPSA) is 172 Å². The number of carboxylic acid groups (broad SMARTS) is 1. The van der Waals surface area contributed by atoms with Crippen LogP contribution < -0.4 is 5.73 Å². The summed E-state index contributed by atoms with van der Waals surface area (Å²) in [6, 6.07) is -1.51. The lowest BCUT2D eigenvalue weighted by molar-refractivity contribution is -0.159. The smallest absolute Gasteiger partial charge is 0.472 e. The molecule has 0 bridgehead atoms. The minimum atomic E-state index is -4.66. The molecular formula is C47H92NO10P. The zero-order valence-corrected chi connectivity index (χ0v) is 39.0. The van der Waals surface area contributed by atoms with Crippen molar-refractivity contribution in [2.75, 3.05) is 19.8 Å². The second-order valence-electron chi connectivity index (χ2n) is 17.0. The molecule has 0 aromatic heterocycles. The molecule has 0 spiro atoms. The Labute approximate surface area is 361 Å². The number of hydrogen-bond donors (Lipinski definition) is 3. The van der Waals surface area contributed by atoms with Gasteiger partial charge in [-0.1, -0.05) is 232 Å². The molecule has 0 aliphatic heterocycles. The SMILES string of the molecule is CCCCCCCCCCCCCCCCCCCCCCCCCCCCCCCCCCCCCCC(=O)OC[C@H](COP(=O)(O)OC[C@H](N)C(=O)O)OC(C)=O. The van der Waals surface area contributed by atoms with Gasteiger partial charge in [0, 0.05) is 13.3 Å². The molecule has 1 unspecified atom stereocenters. The Morgan fingerprint density at radius 1 is 0.492 bits per heavy atom. The van der Waals surface area contributed by atoms with Crippen molar-refractivity contribution in [3.05, 3.63) is 0 Å². The highest BCUT2D eigenvalue weighted by atomic mass is 31.2. The summed E-state index contributed by atoms with van der Waals surface area (Å²) in [5.74, 6) is -2.56. The molecule has 12 heteroatoms. The van der Waals surface area contributed by atoms with Crippen LogP contribution in [0.2, 0.25) is 0 Å². The maximum Gasteiger partial charge on any atom is 0.472 e. The minimum absolute atomic E-state index is 0.224. The van der Waals surface area contributed by atoms with Gasteiger partial charge in [-0.05, 0) is 6.42 Å². The van der Waals surface area contributed by atoms with E-state index in [0.717, 1.165) is 26.2 Å². The molecule has 350 valence electrons. The fourth-order valence-corrected chi connectivity index (χ4v) is 8.20. The summed E-state index contributed by atoms with van der Waals surface area (Å²) in [4.78, 5) is 44.0. The molecule has 0 heterocycles. The third-order valence-corrected chi connectivity index (χ3v) is 12.1. The molecule has 0 aromatic carbocycles. The van der Waals surface area contributed by atoms with Gasteiger partial charge in [-0.25, -0.2) is 4.57 Å². The molecule has 3 atom stereocenters. The van der Waals surface area contributed by atoms with Crippen molar-refractivity contribution in [1.29, 1.82) is 0 Å². The normalized spacial score (nSPS) is 13.6. The maximum atomic E-state index is 12.2. The molecule has 11 nitrogen and oxygen atoms in total. The number of nitrogens with two attached hydrogens (primary N) is 1. The number of phosphoric ester groups is 1. The lowest BCUT2D eigenvalue weighted by Gasteiger charge is -2.19. The molecule has 0 rings (SSSR count). The van der Waals surface area contributed by atoms with Gasteiger partial charge >= 0.3 is 25.7 Å². The maximum absolute atomic E-state index is 12.2. The van der Waals surface area contributed by atoms with E-state index in [-0.39, 0.29) is 13.0 Å². The Bertz CT molecular complexity index is 1020. The second kappa shape index (κ2) is 43.1. The molecule has 0 aliphatic carbocycles. The first-order chi connectivity index (χ1) is 28.6. The average molecular weight is 862 g/mol. The first-order valence-corrected chi connectivity index (χ1v) is 26.0. The Morgan fingerprint density at radius 2 is 0.780 bits per heavy atom. The average Bonchev–Trinajstić information content (AvgIpc) is 3.20. The number of carbonyl (C=O) groups is 3. The van der Waals surface area contributed by atoms with Crippen LogP contribution in [0.25, 0.3) is 0 Å². The van der Waals surface area contributed by atoms with Crippen molar-refractivity contribution < 1.29 is 47.5 Å². The van der Waals surface area contributed by atoms with Gasteiger partial charge in [0.15, 0.2) is 6.10 Å². The first kappa shape index (κ1) is 57.5. The Kier molecular flexibility index (Phi) is 42.0. The van der Waals surface area contributed by atoms with E-state index in [4.69, 9.17) is 24.8 Å². The van der Waals surface area contributed by atoms with Gasteiger partial charge in [0.2, 0.25) is 0 Å². The van der Waals surface area contributed by atoms with E-state index in [1.807, 2.05) is 0 Å². The molecule has 4 N–H and O–H groups in total. The molecule has 59 heavy (non-hydrogen) atoms. The quantitative estimate of drug-likeness (QED) is 0.0302.